The molecule has 2 heterocycles. The number of hydrogen-bond donors (Lipinski definition) is 2. The summed E-state index contributed by atoms with van der Waals surface area (Å²) in [6.07, 6.45) is 5.61. The minimum Gasteiger partial charge on any atom is -0.382 e. The molecule has 1 atom stereocenters. The Balaban J connectivity index is 1.71. The molecule has 0 amide bonds. The summed E-state index contributed by atoms with van der Waals surface area (Å²) in [5.41, 5.74) is 2.30. The van der Waals surface area contributed by atoms with E-state index in [0.29, 0.717) is 6.04 Å². The quantitative estimate of drug-likeness (QED) is 0.853. The van der Waals surface area contributed by atoms with Gasteiger partial charge in [-0.1, -0.05) is 0 Å². The number of H-pyrrole nitrogens is 1. The largest absolute Gasteiger partial charge is 0.382 e. The van der Waals surface area contributed by atoms with Crippen LogP contribution in [0.4, 0.5) is 5.69 Å². The zero-order chi connectivity index (χ0) is 12.4. The maximum absolute atomic E-state index is 4.05. The number of fused-ring (bicyclic) bond motifs is 1. The van der Waals surface area contributed by atoms with Gasteiger partial charge in [-0.3, -0.25) is 5.10 Å². The van der Waals surface area contributed by atoms with Gasteiger partial charge in [-0.05, 0) is 57.6 Å². The van der Waals surface area contributed by atoms with Gasteiger partial charge >= 0.3 is 0 Å². The van der Waals surface area contributed by atoms with Crippen LogP contribution in [0.1, 0.15) is 19.3 Å². The van der Waals surface area contributed by atoms with Crippen LogP contribution in [-0.2, 0) is 0 Å². The maximum atomic E-state index is 4.05. The first kappa shape index (κ1) is 11.5. The van der Waals surface area contributed by atoms with Crippen molar-refractivity contribution in [3.05, 3.63) is 24.4 Å². The van der Waals surface area contributed by atoms with Crippen molar-refractivity contribution in [2.45, 2.75) is 25.3 Å². The van der Waals surface area contributed by atoms with Gasteiger partial charge in [-0.15, -0.1) is 0 Å². The molecule has 1 unspecified atom stereocenters. The van der Waals surface area contributed by atoms with Crippen molar-refractivity contribution in [3.8, 4) is 0 Å². The van der Waals surface area contributed by atoms with Gasteiger partial charge in [0.2, 0.25) is 0 Å². The summed E-state index contributed by atoms with van der Waals surface area (Å²) in [7, 11) is 2.21. The number of aromatic amines is 1. The topological polar surface area (TPSA) is 44.0 Å². The Hall–Kier alpha value is -1.55. The van der Waals surface area contributed by atoms with Crippen LogP contribution in [0.5, 0.6) is 0 Å². The van der Waals surface area contributed by atoms with E-state index in [1.165, 1.54) is 43.4 Å². The first-order chi connectivity index (χ1) is 8.81. The molecule has 0 aliphatic carbocycles. The molecule has 0 saturated carbocycles. The molecule has 1 aromatic carbocycles. The zero-order valence-electron chi connectivity index (χ0n) is 10.8. The third kappa shape index (κ3) is 2.48. The predicted octanol–water partition coefficient (Wildman–Crippen LogP) is 2.46. The smallest absolute Gasteiger partial charge is 0.0670 e. The molecule has 4 nitrogen and oxygen atoms in total. The Morgan fingerprint density at radius 3 is 3.22 bits per heavy atom. The highest BCUT2D eigenvalue weighted by atomic mass is 15.1. The highest BCUT2D eigenvalue weighted by Crippen LogP contribution is 2.20. The molecule has 18 heavy (non-hydrogen) atoms. The third-order valence-electron chi connectivity index (χ3n) is 3.76. The summed E-state index contributed by atoms with van der Waals surface area (Å²) < 4.78 is 0. The lowest BCUT2D eigenvalue weighted by molar-refractivity contribution is 0.348. The van der Waals surface area contributed by atoms with Crippen molar-refractivity contribution in [2.24, 2.45) is 0 Å². The lowest BCUT2D eigenvalue weighted by Gasteiger charge is -2.18. The van der Waals surface area contributed by atoms with Gasteiger partial charge in [0.1, 0.15) is 0 Å². The Kier molecular flexibility index (Phi) is 3.19. The fourth-order valence-corrected chi connectivity index (χ4v) is 2.65. The number of likely N-dealkylation sites (tertiary alicyclic amines) is 1. The highest BCUT2D eigenvalue weighted by molar-refractivity contribution is 5.81. The Morgan fingerprint density at radius 2 is 2.28 bits per heavy atom. The summed E-state index contributed by atoms with van der Waals surface area (Å²) in [6, 6.07) is 7.00. The second-order valence-electron chi connectivity index (χ2n) is 5.25. The second-order valence-corrected chi connectivity index (χ2v) is 5.25. The lowest BCUT2D eigenvalue weighted by Crippen LogP contribution is -2.22. The molecule has 4 heteroatoms. The number of nitrogens with one attached hydrogen (secondary N) is 2. The van der Waals surface area contributed by atoms with Crippen molar-refractivity contribution in [3.63, 3.8) is 0 Å². The van der Waals surface area contributed by atoms with E-state index in [-0.39, 0.29) is 0 Å². The average Bonchev–Trinajstić information content (AvgIpc) is 2.74. The molecule has 96 valence electrons. The van der Waals surface area contributed by atoms with E-state index in [0.717, 1.165) is 5.52 Å². The van der Waals surface area contributed by atoms with Crippen LogP contribution >= 0.6 is 0 Å². The van der Waals surface area contributed by atoms with Gasteiger partial charge in [0.25, 0.3) is 0 Å². The van der Waals surface area contributed by atoms with Gasteiger partial charge in [-0.25, -0.2) is 0 Å². The minimum atomic E-state index is 0.593. The van der Waals surface area contributed by atoms with Crippen molar-refractivity contribution < 1.29 is 0 Å². The summed E-state index contributed by atoms with van der Waals surface area (Å²) in [5, 5.41) is 11.9. The van der Waals surface area contributed by atoms with Crippen LogP contribution in [0.2, 0.25) is 0 Å². The third-order valence-corrected chi connectivity index (χ3v) is 3.76. The molecule has 1 aliphatic heterocycles. The number of hydrogen-bond acceptors (Lipinski definition) is 3. The first-order valence-corrected chi connectivity index (χ1v) is 6.69. The molecule has 0 bridgehead atoms. The number of aromatic nitrogens is 2. The first-order valence-electron chi connectivity index (χ1n) is 6.69. The normalized spacial score (nSPS) is 21.9. The van der Waals surface area contributed by atoms with Gasteiger partial charge in [-0.2, -0.15) is 5.10 Å². The van der Waals surface area contributed by atoms with Crippen molar-refractivity contribution in [1.82, 2.24) is 15.1 Å². The Bertz CT molecular complexity index is 519. The molecule has 3 rings (SSSR count). The molecule has 1 aromatic heterocycles. The highest BCUT2D eigenvalue weighted by Gasteiger charge is 2.14. The average molecular weight is 244 g/mol. The van der Waals surface area contributed by atoms with Crippen LogP contribution in [0.25, 0.3) is 10.9 Å². The number of rotatable bonds is 2. The van der Waals surface area contributed by atoms with E-state index in [1.54, 1.807) is 0 Å². The van der Waals surface area contributed by atoms with Crippen LogP contribution < -0.4 is 5.32 Å². The van der Waals surface area contributed by atoms with E-state index in [2.05, 4.69) is 45.7 Å². The molecule has 2 aromatic rings. The summed E-state index contributed by atoms with van der Waals surface area (Å²) >= 11 is 0. The SMILES string of the molecule is CN1CCCC(Nc2ccc3cn[nH]c3c2)CC1. The van der Waals surface area contributed by atoms with E-state index in [4.69, 9.17) is 0 Å². The minimum absolute atomic E-state index is 0.593. The Labute approximate surface area is 107 Å². The van der Waals surface area contributed by atoms with E-state index in [1.807, 2.05) is 6.20 Å². The van der Waals surface area contributed by atoms with E-state index < -0.39 is 0 Å². The van der Waals surface area contributed by atoms with Crippen molar-refractivity contribution >= 4 is 16.6 Å². The molecular weight excluding hydrogens is 224 g/mol. The van der Waals surface area contributed by atoms with Gasteiger partial charge < -0.3 is 10.2 Å². The summed E-state index contributed by atoms with van der Waals surface area (Å²) in [4.78, 5) is 2.42. The predicted molar refractivity (Wildman–Crippen MR) is 74.9 cm³/mol. The van der Waals surface area contributed by atoms with E-state index in [9.17, 15) is 0 Å². The van der Waals surface area contributed by atoms with E-state index >= 15 is 0 Å². The molecule has 1 fully saturated rings. The van der Waals surface area contributed by atoms with Crippen molar-refractivity contribution in [1.29, 1.82) is 0 Å². The number of nitrogens with zero attached hydrogens (tertiary/aromatic N) is 2. The van der Waals surface area contributed by atoms with Crippen LogP contribution in [-0.4, -0.2) is 41.3 Å². The van der Waals surface area contributed by atoms with Gasteiger partial charge in [0.05, 0.1) is 11.7 Å². The van der Waals surface area contributed by atoms with Crippen LogP contribution in [0.3, 0.4) is 0 Å². The van der Waals surface area contributed by atoms with Crippen LogP contribution in [0, 0.1) is 0 Å². The fourth-order valence-electron chi connectivity index (χ4n) is 2.65. The summed E-state index contributed by atoms with van der Waals surface area (Å²) in [6.45, 7) is 2.40. The van der Waals surface area contributed by atoms with Gasteiger partial charge in [0, 0.05) is 17.1 Å². The second kappa shape index (κ2) is 4.98. The summed E-state index contributed by atoms with van der Waals surface area (Å²) in [5.74, 6) is 0. The molecular formula is C14H20N4. The standard InChI is InChI=1S/C14H20N4/c1-18-7-2-3-12(6-8-18)16-13-5-4-11-10-15-17-14(11)9-13/h4-5,9-10,12,16H,2-3,6-8H2,1H3,(H,15,17). The number of anilines is 1. The molecule has 1 aliphatic rings. The molecule has 1 saturated heterocycles. The van der Waals surface area contributed by atoms with Crippen molar-refractivity contribution in [2.75, 3.05) is 25.5 Å². The monoisotopic (exact) mass is 244 g/mol. The zero-order valence-corrected chi connectivity index (χ0v) is 10.8. The lowest BCUT2D eigenvalue weighted by atomic mass is 10.1. The van der Waals surface area contributed by atoms with Gasteiger partial charge in [0.15, 0.2) is 0 Å². The molecule has 2 N–H and O–H groups in total. The maximum Gasteiger partial charge on any atom is 0.0670 e. The Morgan fingerprint density at radius 1 is 1.33 bits per heavy atom. The molecule has 0 spiro atoms. The number of benzene rings is 1. The molecule has 0 radical (unpaired) electrons. The fraction of sp³-hybridized carbons (Fsp3) is 0.500. The van der Waals surface area contributed by atoms with Crippen LogP contribution in [0.15, 0.2) is 24.4 Å².